The standard InChI is InChI=1S/C12H19N3S/c1-10-7-14-5-2-3-11(14)8-15(10)9-12-13-4-6-16-12/h4,6,10-11H,2-3,5,7-9H2,1H3. The molecule has 1 aromatic rings. The molecule has 0 aliphatic carbocycles. The molecule has 3 nitrogen and oxygen atoms in total. The number of hydrogen-bond acceptors (Lipinski definition) is 4. The fraction of sp³-hybridized carbons (Fsp3) is 0.750. The monoisotopic (exact) mass is 237 g/mol. The summed E-state index contributed by atoms with van der Waals surface area (Å²) in [5, 5.41) is 3.34. The van der Waals surface area contributed by atoms with Gasteiger partial charge in [0.2, 0.25) is 0 Å². The molecule has 0 radical (unpaired) electrons. The van der Waals surface area contributed by atoms with E-state index in [2.05, 4.69) is 27.1 Å². The number of hydrogen-bond donors (Lipinski definition) is 0. The molecular formula is C12H19N3S. The number of piperazine rings is 1. The lowest BCUT2D eigenvalue weighted by molar-refractivity contribution is 0.0540. The molecule has 3 rings (SSSR count). The maximum Gasteiger partial charge on any atom is 0.107 e. The van der Waals surface area contributed by atoms with Crippen LogP contribution >= 0.6 is 11.3 Å². The minimum Gasteiger partial charge on any atom is -0.298 e. The molecule has 0 bridgehead atoms. The first-order valence-electron chi connectivity index (χ1n) is 6.19. The molecule has 2 aliphatic heterocycles. The summed E-state index contributed by atoms with van der Waals surface area (Å²) >= 11 is 1.78. The highest BCUT2D eigenvalue weighted by molar-refractivity contribution is 7.09. The molecule has 0 aromatic carbocycles. The number of fused-ring (bicyclic) bond motifs is 1. The van der Waals surface area contributed by atoms with Gasteiger partial charge in [-0.1, -0.05) is 0 Å². The van der Waals surface area contributed by atoms with E-state index in [0.717, 1.165) is 12.6 Å². The maximum atomic E-state index is 4.39. The molecular weight excluding hydrogens is 218 g/mol. The van der Waals surface area contributed by atoms with Crippen molar-refractivity contribution in [3.63, 3.8) is 0 Å². The van der Waals surface area contributed by atoms with Gasteiger partial charge >= 0.3 is 0 Å². The molecule has 0 amide bonds. The summed E-state index contributed by atoms with van der Waals surface area (Å²) in [6, 6.07) is 1.49. The Kier molecular flexibility index (Phi) is 2.96. The van der Waals surface area contributed by atoms with Crippen LogP contribution in [0.5, 0.6) is 0 Å². The van der Waals surface area contributed by atoms with Crippen LogP contribution in [0.15, 0.2) is 11.6 Å². The number of aromatic nitrogens is 1. The molecule has 3 heterocycles. The second-order valence-electron chi connectivity index (χ2n) is 5.00. The Morgan fingerprint density at radius 3 is 3.25 bits per heavy atom. The van der Waals surface area contributed by atoms with E-state index < -0.39 is 0 Å². The van der Waals surface area contributed by atoms with Crippen LogP contribution in [0.3, 0.4) is 0 Å². The van der Waals surface area contributed by atoms with Crippen LogP contribution in [0.1, 0.15) is 24.8 Å². The van der Waals surface area contributed by atoms with E-state index in [1.165, 1.54) is 37.5 Å². The third-order valence-corrected chi connectivity index (χ3v) is 4.65. The second kappa shape index (κ2) is 4.43. The van der Waals surface area contributed by atoms with E-state index in [4.69, 9.17) is 0 Å². The van der Waals surface area contributed by atoms with Crippen LogP contribution in [0.4, 0.5) is 0 Å². The lowest BCUT2D eigenvalue weighted by Crippen LogP contribution is -2.54. The van der Waals surface area contributed by atoms with Gasteiger partial charge in [0.05, 0.1) is 6.54 Å². The van der Waals surface area contributed by atoms with Crippen molar-refractivity contribution in [3.05, 3.63) is 16.6 Å². The maximum absolute atomic E-state index is 4.39. The third kappa shape index (κ3) is 2.01. The first-order chi connectivity index (χ1) is 7.83. The van der Waals surface area contributed by atoms with E-state index in [0.29, 0.717) is 6.04 Å². The highest BCUT2D eigenvalue weighted by Gasteiger charge is 2.34. The molecule has 0 saturated carbocycles. The van der Waals surface area contributed by atoms with Crippen LogP contribution < -0.4 is 0 Å². The van der Waals surface area contributed by atoms with Crippen molar-refractivity contribution in [2.24, 2.45) is 0 Å². The Morgan fingerprint density at radius 1 is 1.50 bits per heavy atom. The van der Waals surface area contributed by atoms with Crippen molar-refractivity contribution in [3.8, 4) is 0 Å². The van der Waals surface area contributed by atoms with Crippen molar-refractivity contribution in [1.29, 1.82) is 0 Å². The van der Waals surface area contributed by atoms with Gasteiger partial charge in [0.1, 0.15) is 5.01 Å². The number of thiazole rings is 1. The normalized spacial score (nSPS) is 31.8. The quantitative estimate of drug-likeness (QED) is 0.782. The number of nitrogens with zero attached hydrogens (tertiary/aromatic N) is 3. The largest absolute Gasteiger partial charge is 0.298 e. The SMILES string of the molecule is CC1CN2CCCC2CN1Cc1nccs1. The fourth-order valence-electron chi connectivity index (χ4n) is 2.97. The van der Waals surface area contributed by atoms with Crippen LogP contribution in [-0.4, -0.2) is 46.5 Å². The molecule has 2 fully saturated rings. The molecule has 4 heteroatoms. The minimum atomic E-state index is 0.679. The zero-order chi connectivity index (χ0) is 11.0. The zero-order valence-electron chi connectivity index (χ0n) is 9.80. The van der Waals surface area contributed by atoms with Crippen LogP contribution in [0.25, 0.3) is 0 Å². The Labute approximate surface area is 101 Å². The molecule has 2 atom stereocenters. The predicted molar refractivity (Wildman–Crippen MR) is 66.6 cm³/mol. The summed E-state index contributed by atoms with van der Waals surface area (Å²) in [7, 11) is 0. The van der Waals surface area contributed by atoms with E-state index in [1.54, 1.807) is 11.3 Å². The summed E-state index contributed by atoms with van der Waals surface area (Å²) in [5.74, 6) is 0. The topological polar surface area (TPSA) is 19.4 Å². The molecule has 2 unspecified atom stereocenters. The summed E-state index contributed by atoms with van der Waals surface area (Å²) in [6.07, 6.45) is 4.69. The van der Waals surface area contributed by atoms with Gasteiger partial charge in [0, 0.05) is 36.8 Å². The van der Waals surface area contributed by atoms with Crippen LogP contribution in [0.2, 0.25) is 0 Å². The fourth-order valence-corrected chi connectivity index (χ4v) is 3.61. The Morgan fingerprint density at radius 2 is 2.44 bits per heavy atom. The predicted octanol–water partition coefficient (Wildman–Crippen LogP) is 1.81. The van der Waals surface area contributed by atoms with Gasteiger partial charge in [0.25, 0.3) is 0 Å². The number of rotatable bonds is 2. The second-order valence-corrected chi connectivity index (χ2v) is 5.97. The van der Waals surface area contributed by atoms with Gasteiger partial charge in [-0.2, -0.15) is 0 Å². The van der Waals surface area contributed by atoms with Crippen molar-refractivity contribution >= 4 is 11.3 Å². The van der Waals surface area contributed by atoms with Crippen molar-refractivity contribution in [2.45, 2.75) is 38.4 Å². The molecule has 0 N–H and O–H groups in total. The Bertz CT molecular complexity index is 338. The van der Waals surface area contributed by atoms with Crippen LogP contribution in [-0.2, 0) is 6.54 Å². The van der Waals surface area contributed by atoms with Crippen molar-refractivity contribution in [2.75, 3.05) is 19.6 Å². The minimum absolute atomic E-state index is 0.679. The summed E-state index contributed by atoms with van der Waals surface area (Å²) < 4.78 is 0. The summed E-state index contributed by atoms with van der Waals surface area (Å²) in [5.41, 5.74) is 0. The molecule has 88 valence electrons. The van der Waals surface area contributed by atoms with Crippen molar-refractivity contribution in [1.82, 2.24) is 14.8 Å². The van der Waals surface area contributed by atoms with Crippen molar-refractivity contribution < 1.29 is 0 Å². The summed E-state index contributed by atoms with van der Waals surface area (Å²) in [4.78, 5) is 9.67. The van der Waals surface area contributed by atoms with Gasteiger partial charge in [-0.3, -0.25) is 9.80 Å². The van der Waals surface area contributed by atoms with E-state index in [1.807, 2.05) is 6.20 Å². The highest BCUT2D eigenvalue weighted by Crippen LogP contribution is 2.25. The average Bonchev–Trinajstić information content (AvgIpc) is 2.89. The van der Waals surface area contributed by atoms with E-state index >= 15 is 0 Å². The highest BCUT2D eigenvalue weighted by atomic mass is 32.1. The van der Waals surface area contributed by atoms with E-state index in [9.17, 15) is 0 Å². The Hall–Kier alpha value is -0.450. The third-order valence-electron chi connectivity index (χ3n) is 3.89. The van der Waals surface area contributed by atoms with Gasteiger partial charge in [-0.25, -0.2) is 4.98 Å². The first kappa shape index (κ1) is 10.7. The van der Waals surface area contributed by atoms with Gasteiger partial charge in [-0.15, -0.1) is 11.3 Å². The van der Waals surface area contributed by atoms with Gasteiger partial charge in [0.15, 0.2) is 0 Å². The molecule has 0 spiro atoms. The zero-order valence-corrected chi connectivity index (χ0v) is 10.6. The molecule has 2 saturated heterocycles. The molecule has 1 aromatic heterocycles. The summed E-state index contributed by atoms with van der Waals surface area (Å²) in [6.45, 7) is 7.20. The lowest BCUT2D eigenvalue weighted by Gasteiger charge is -2.41. The first-order valence-corrected chi connectivity index (χ1v) is 7.07. The van der Waals surface area contributed by atoms with Gasteiger partial charge in [-0.05, 0) is 26.3 Å². The van der Waals surface area contributed by atoms with E-state index in [-0.39, 0.29) is 0 Å². The lowest BCUT2D eigenvalue weighted by atomic mass is 10.1. The smallest absolute Gasteiger partial charge is 0.107 e. The van der Waals surface area contributed by atoms with Gasteiger partial charge < -0.3 is 0 Å². The van der Waals surface area contributed by atoms with Crippen LogP contribution in [0, 0.1) is 0 Å². The molecule has 16 heavy (non-hydrogen) atoms. The molecule has 2 aliphatic rings. The average molecular weight is 237 g/mol. The Balaban J connectivity index is 1.66.